The number of quaternary nitrogens is 1. The first-order chi connectivity index (χ1) is 23.8. The predicted molar refractivity (Wildman–Crippen MR) is 171 cm³/mol. The molecular formula is C37H30BF12N. The second-order valence-corrected chi connectivity index (χ2v) is 12.5. The number of hydrogen-bond donors (Lipinski definition) is 1. The number of halogens is 12. The van der Waals surface area contributed by atoms with E-state index in [2.05, 4.69) is 44.4 Å². The normalized spacial score (nSPS) is 11.6. The fourth-order valence-electron chi connectivity index (χ4n) is 6.91. The van der Waals surface area contributed by atoms with Crippen molar-refractivity contribution >= 4 is 28.0 Å². The molecular weight excluding hydrogens is 697 g/mol. The quantitative estimate of drug-likeness (QED) is 0.119. The Hall–Kier alpha value is -4.72. The summed E-state index contributed by atoms with van der Waals surface area (Å²) in [6, 6.07) is 10.0. The second kappa shape index (κ2) is 14.9. The molecule has 5 rings (SSSR count). The molecule has 0 saturated carbocycles. The lowest BCUT2D eigenvalue weighted by Crippen LogP contribution is -3.04. The van der Waals surface area contributed by atoms with Crippen molar-refractivity contribution in [1.82, 2.24) is 0 Å². The molecule has 0 bridgehead atoms. The van der Waals surface area contributed by atoms with Crippen molar-refractivity contribution < 1.29 is 57.6 Å². The van der Waals surface area contributed by atoms with Crippen LogP contribution in [0.4, 0.5) is 52.7 Å². The summed E-state index contributed by atoms with van der Waals surface area (Å²) in [7, 11) is 4.32. The molecule has 1 N–H and O–H groups in total. The maximum absolute atomic E-state index is 15.9. The maximum Gasteiger partial charge on any atom is 0.161 e. The van der Waals surface area contributed by atoms with Crippen molar-refractivity contribution in [2.45, 2.75) is 34.2 Å². The van der Waals surface area contributed by atoms with Crippen molar-refractivity contribution in [2.24, 2.45) is 0 Å². The Kier molecular flexibility index (Phi) is 11.4. The highest BCUT2D eigenvalue weighted by molar-refractivity contribution is 7.20. The molecule has 0 aliphatic rings. The van der Waals surface area contributed by atoms with Crippen molar-refractivity contribution in [3.8, 4) is 0 Å². The third-order valence-electron chi connectivity index (χ3n) is 8.95. The van der Waals surface area contributed by atoms with E-state index < -0.39 is 120 Å². The van der Waals surface area contributed by atoms with E-state index in [1.165, 1.54) is 10.5 Å². The van der Waals surface area contributed by atoms with E-state index in [1.807, 2.05) is 0 Å². The minimum atomic E-state index is -4.68. The van der Waals surface area contributed by atoms with E-state index >= 15 is 35.1 Å². The summed E-state index contributed by atoms with van der Waals surface area (Å²) in [4.78, 5) is 1.46. The van der Waals surface area contributed by atoms with E-state index in [0.29, 0.717) is 27.7 Å². The van der Waals surface area contributed by atoms with E-state index in [-0.39, 0.29) is 24.3 Å². The summed E-state index contributed by atoms with van der Waals surface area (Å²) in [5.41, 5.74) is -8.50. The smallest absolute Gasteiger partial charge is 0.161 e. The molecule has 0 atom stereocenters. The van der Waals surface area contributed by atoms with Gasteiger partial charge in [-0.15, -0.1) is 0 Å². The number of hydrogen-bond acceptors (Lipinski definition) is 0. The third-order valence-corrected chi connectivity index (χ3v) is 8.95. The lowest BCUT2D eigenvalue weighted by Gasteiger charge is -2.48. The van der Waals surface area contributed by atoms with Gasteiger partial charge in [-0.25, -0.2) is 52.7 Å². The number of benzene rings is 5. The molecule has 0 fully saturated rings. The highest BCUT2D eigenvalue weighted by Gasteiger charge is 2.46. The molecule has 14 heteroatoms. The van der Waals surface area contributed by atoms with Gasteiger partial charge in [0.15, 0.2) is 46.5 Å². The fourth-order valence-corrected chi connectivity index (χ4v) is 6.91. The van der Waals surface area contributed by atoms with Crippen LogP contribution in [0.3, 0.4) is 0 Å². The van der Waals surface area contributed by atoms with Crippen molar-refractivity contribution in [3.63, 3.8) is 0 Å². The molecule has 0 aromatic heterocycles. The van der Waals surface area contributed by atoms with Crippen molar-refractivity contribution in [2.75, 3.05) is 14.1 Å². The SMILES string of the molecule is C[NH+](C)Cc1ccccc1.Cc1c(F)c(F)cc(F)c1[B-](c1c(F)cc(F)c(F)c1C)(c1c(F)cc(F)c(F)c1C)c1c(F)cc(F)c(F)c1C. The Morgan fingerprint density at radius 2 is 0.667 bits per heavy atom. The van der Waals surface area contributed by atoms with Gasteiger partial charge in [-0.2, -0.15) is 21.9 Å². The molecule has 0 saturated heterocycles. The topological polar surface area (TPSA) is 4.44 Å². The minimum Gasteiger partial charge on any atom is -0.336 e. The maximum atomic E-state index is 15.9. The zero-order valence-electron chi connectivity index (χ0n) is 28.0. The molecule has 1 nitrogen and oxygen atoms in total. The van der Waals surface area contributed by atoms with Crippen LogP contribution in [0.25, 0.3) is 0 Å². The largest absolute Gasteiger partial charge is 0.336 e. The van der Waals surface area contributed by atoms with Gasteiger partial charge in [0, 0.05) is 29.8 Å². The van der Waals surface area contributed by atoms with Crippen molar-refractivity contribution in [3.05, 3.63) is 152 Å². The van der Waals surface area contributed by atoms with Gasteiger partial charge in [0.25, 0.3) is 0 Å². The summed E-state index contributed by atoms with van der Waals surface area (Å²) >= 11 is 0. The molecule has 51 heavy (non-hydrogen) atoms. The van der Waals surface area contributed by atoms with Crippen LogP contribution in [0, 0.1) is 97.5 Å². The molecule has 5 aromatic rings. The molecule has 5 aromatic carbocycles. The molecule has 0 aliphatic carbocycles. The summed E-state index contributed by atoms with van der Waals surface area (Å²) < 4.78 is 181. The molecule has 0 amide bonds. The van der Waals surface area contributed by atoms with Crippen LogP contribution in [-0.4, -0.2) is 20.2 Å². The first-order valence-corrected chi connectivity index (χ1v) is 15.3. The van der Waals surface area contributed by atoms with Crippen LogP contribution in [0.2, 0.25) is 0 Å². The van der Waals surface area contributed by atoms with Gasteiger partial charge in [0.1, 0.15) is 12.7 Å². The van der Waals surface area contributed by atoms with Gasteiger partial charge >= 0.3 is 0 Å². The number of nitrogens with one attached hydrogen (secondary N) is 1. The summed E-state index contributed by atoms with van der Waals surface area (Å²) in [5.74, 6) is -22.3. The zero-order chi connectivity index (χ0) is 38.3. The molecule has 0 radical (unpaired) electrons. The van der Waals surface area contributed by atoms with Crippen LogP contribution in [0.5, 0.6) is 0 Å². The van der Waals surface area contributed by atoms with Gasteiger partial charge in [-0.3, -0.25) is 0 Å². The van der Waals surface area contributed by atoms with E-state index in [9.17, 15) is 17.6 Å². The minimum absolute atomic E-state index is 0.123. The first kappa shape index (κ1) is 39.1. The van der Waals surface area contributed by atoms with Crippen LogP contribution >= 0.6 is 0 Å². The lowest BCUT2D eigenvalue weighted by atomic mass is 9.11. The fraction of sp³-hybridized carbons (Fsp3) is 0.189. The second-order valence-electron chi connectivity index (χ2n) is 12.5. The van der Waals surface area contributed by atoms with Crippen molar-refractivity contribution in [1.29, 1.82) is 0 Å². The van der Waals surface area contributed by atoms with Crippen LogP contribution in [0.15, 0.2) is 54.6 Å². The van der Waals surface area contributed by atoms with Crippen LogP contribution < -0.4 is 26.8 Å². The Morgan fingerprint density at radius 1 is 0.412 bits per heavy atom. The van der Waals surface area contributed by atoms with E-state index in [4.69, 9.17) is 0 Å². The standard InChI is InChI=1S/C28H16BF12.C9H13N/c1-9-21(13(30)5-17(34)25(9)38)29(22-10(2)26(39)18(35)6-14(22)31,23-11(3)27(40)19(36)7-15(23)32)24-12(4)28(41)20(37)8-16(24)33;1-10(2)8-9-6-4-3-5-7-9/h5-8H,1-4H3;3-7H,8H2,1-2H3/q-1;/p+1. The Bertz CT molecular complexity index is 1870. The van der Waals surface area contributed by atoms with Crippen LogP contribution in [-0.2, 0) is 6.54 Å². The van der Waals surface area contributed by atoms with E-state index in [1.54, 1.807) is 0 Å². The molecule has 0 heterocycles. The first-order valence-electron chi connectivity index (χ1n) is 15.3. The van der Waals surface area contributed by atoms with Gasteiger partial charge in [0.05, 0.1) is 37.4 Å². The van der Waals surface area contributed by atoms with Gasteiger partial charge in [-0.1, -0.05) is 30.3 Å². The highest BCUT2D eigenvalue weighted by atomic mass is 19.2. The molecule has 0 unspecified atom stereocenters. The van der Waals surface area contributed by atoms with Crippen LogP contribution in [0.1, 0.15) is 27.8 Å². The van der Waals surface area contributed by atoms with Gasteiger partial charge in [0.2, 0.25) is 0 Å². The van der Waals surface area contributed by atoms with Gasteiger partial charge < -0.3 is 4.90 Å². The predicted octanol–water partition coefficient (Wildman–Crippen LogP) is 6.30. The Morgan fingerprint density at radius 3 is 0.902 bits per heavy atom. The average Bonchev–Trinajstić information content (AvgIpc) is 3.04. The summed E-state index contributed by atoms with van der Waals surface area (Å²) in [5, 5.41) is 0. The average molecular weight is 727 g/mol. The molecule has 0 aliphatic heterocycles. The third kappa shape index (κ3) is 6.85. The summed E-state index contributed by atoms with van der Waals surface area (Å²) in [6.07, 6.45) is -4.68. The monoisotopic (exact) mass is 727 g/mol. The zero-order valence-corrected chi connectivity index (χ0v) is 28.0. The van der Waals surface area contributed by atoms with E-state index in [0.717, 1.165) is 6.54 Å². The molecule has 0 spiro atoms. The Labute approximate surface area is 286 Å². The lowest BCUT2D eigenvalue weighted by molar-refractivity contribution is -0.872. The summed E-state index contributed by atoms with van der Waals surface area (Å²) in [6.45, 7) is 3.78. The van der Waals surface area contributed by atoms with Gasteiger partial charge in [-0.05, 0) is 49.9 Å². The Balaban J connectivity index is 0.000000502. The number of rotatable bonds is 6. The highest BCUT2D eigenvalue weighted by Crippen LogP contribution is 2.28. The molecule has 270 valence electrons.